The highest BCUT2D eigenvalue weighted by atomic mass is 35.5. The summed E-state index contributed by atoms with van der Waals surface area (Å²) in [5.41, 5.74) is 0. The number of methoxy groups -OCH3 is 1. The van der Waals surface area contributed by atoms with Crippen LogP contribution in [0.5, 0.6) is 0 Å². The third-order valence-corrected chi connectivity index (χ3v) is 1.36. The summed E-state index contributed by atoms with van der Waals surface area (Å²) < 4.78 is 4.23. The van der Waals surface area contributed by atoms with E-state index < -0.39 is 18.1 Å². The summed E-state index contributed by atoms with van der Waals surface area (Å²) in [5.74, 6) is -1.19. The second-order valence-corrected chi connectivity index (χ2v) is 2.78. The first-order valence-corrected chi connectivity index (χ1v) is 3.75. The third kappa shape index (κ3) is 5.08. The lowest BCUT2D eigenvalue weighted by atomic mass is 10.2. The Bertz CT molecular complexity index is 229. The van der Waals surface area contributed by atoms with Crippen molar-refractivity contribution in [1.82, 2.24) is 5.32 Å². The average molecular weight is 208 g/mol. The van der Waals surface area contributed by atoms with Gasteiger partial charge in [0.25, 0.3) is 0 Å². The molecule has 0 aromatic heterocycles. The van der Waals surface area contributed by atoms with Crippen LogP contribution in [-0.2, 0) is 9.53 Å². The molecule has 0 aromatic carbocycles. The first-order valence-electron chi connectivity index (χ1n) is 3.38. The highest BCUT2D eigenvalue weighted by molar-refractivity contribution is 6.29. The van der Waals surface area contributed by atoms with E-state index in [9.17, 15) is 9.59 Å². The lowest BCUT2D eigenvalue weighted by Crippen LogP contribution is -2.40. The first kappa shape index (κ1) is 11.8. The number of carboxylic acids is 1. The molecule has 0 aliphatic heterocycles. The highest BCUT2D eigenvalue weighted by Gasteiger charge is 2.20. The van der Waals surface area contributed by atoms with Crippen LogP contribution in [0, 0.1) is 0 Å². The Morgan fingerprint density at radius 1 is 1.69 bits per heavy atom. The van der Waals surface area contributed by atoms with Gasteiger partial charge in [-0.15, -0.1) is 0 Å². The molecule has 1 amide bonds. The number of amides is 1. The van der Waals surface area contributed by atoms with E-state index in [-0.39, 0.29) is 11.5 Å². The van der Waals surface area contributed by atoms with Gasteiger partial charge < -0.3 is 15.2 Å². The lowest BCUT2D eigenvalue weighted by molar-refractivity contribution is -0.139. The van der Waals surface area contributed by atoms with Crippen molar-refractivity contribution in [1.29, 1.82) is 0 Å². The van der Waals surface area contributed by atoms with Crippen molar-refractivity contribution in [2.45, 2.75) is 12.5 Å². The van der Waals surface area contributed by atoms with Crippen molar-refractivity contribution in [3.63, 3.8) is 0 Å². The number of hydrogen-bond donors (Lipinski definition) is 2. The zero-order valence-corrected chi connectivity index (χ0v) is 7.80. The number of nitrogens with one attached hydrogen (secondary N) is 1. The van der Waals surface area contributed by atoms with E-state index in [1.165, 1.54) is 0 Å². The van der Waals surface area contributed by atoms with Gasteiger partial charge in [-0.2, -0.15) is 0 Å². The molecule has 0 aromatic rings. The molecule has 0 saturated heterocycles. The van der Waals surface area contributed by atoms with E-state index in [0.29, 0.717) is 0 Å². The first-order chi connectivity index (χ1) is 5.97. The zero-order valence-electron chi connectivity index (χ0n) is 7.04. The predicted octanol–water partition coefficient (Wildman–Crippen LogP) is 0.938. The maximum absolute atomic E-state index is 10.6. The monoisotopic (exact) mass is 207 g/mol. The van der Waals surface area contributed by atoms with E-state index in [4.69, 9.17) is 16.7 Å². The predicted molar refractivity (Wildman–Crippen MR) is 46.6 cm³/mol. The Labute approximate surface area is 80.3 Å². The minimum absolute atomic E-state index is 0.0357. The van der Waals surface area contributed by atoms with Gasteiger partial charge in [0.2, 0.25) is 0 Å². The highest BCUT2D eigenvalue weighted by Crippen LogP contribution is 2.07. The van der Waals surface area contributed by atoms with Gasteiger partial charge in [-0.25, -0.2) is 9.59 Å². The van der Waals surface area contributed by atoms with Crippen LogP contribution in [0.15, 0.2) is 11.6 Å². The normalized spacial score (nSPS) is 11.5. The fourth-order valence-corrected chi connectivity index (χ4v) is 0.777. The van der Waals surface area contributed by atoms with E-state index in [0.717, 1.165) is 7.11 Å². The van der Waals surface area contributed by atoms with Crippen molar-refractivity contribution in [3.05, 3.63) is 11.6 Å². The topological polar surface area (TPSA) is 75.6 Å². The van der Waals surface area contributed by atoms with Crippen LogP contribution in [-0.4, -0.2) is 30.3 Å². The second kappa shape index (κ2) is 5.42. The number of alkyl carbamates (subject to hydrolysis) is 1. The van der Waals surface area contributed by atoms with Crippen LogP contribution in [0.25, 0.3) is 0 Å². The van der Waals surface area contributed by atoms with Crippen molar-refractivity contribution in [2.24, 2.45) is 0 Å². The molecule has 74 valence electrons. The number of carbonyl (C=O) groups is 2. The smallest absolute Gasteiger partial charge is 0.407 e. The van der Waals surface area contributed by atoms with Crippen LogP contribution in [0.2, 0.25) is 0 Å². The standard InChI is InChI=1S/C7H10ClNO4/c1-4(8)3-5(6(10)11)9-7(12)13-2/h5H,1,3H2,2H3,(H,9,12)(H,10,11)/t5-/m1/s1. The number of rotatable bonds is 4. The largest absolute Gasteiger partial charge is 0.480 e. The maximum atomic E-state index is 10.6. The molecule has 0 fully saturated rings. The molecule has 0 spiro atoms. The molecule has 0 heterocycles. The summed E-state index contributed by atoms with van der Waals surface area (Å²) in [4.78, 5) is 21.2. The Morgan fingerprint density at radius 2 is 2.23 bits per heavy atom. The van der Waals surface area contributed by atoms with E-state index in [1.807, 2.05) is 0 Å². The molecule has 0 aliphatic carbocycles. The number of halogens is 1. The van der Waals surface area contributed by atoms with Gasteiger partial charge in [0.1, 0.15) is 6.04 Å². The summed E-state index contributed by atoms with van der Waals surface area (Å²) in [7, 11) is 1.14. The van der Waals surface area contributed by atoms with Crippen molar-refractivity contribution < 1.29 is 19.4 Å². The van der Waals surface area contributed by atoms with Crippen molar-refractivity contribution >= 4 is 23.7 Å². The number of aliphatic carboxylic acids is 1. The molecule has 6 heteroatoms. The third-order valence-electron chi connectivity index (χ3n) is 1.20. The van der Waals surface area contributed by atoms with Gasteiger partial charge in [0, 0.05) is 11.5 Å². The maximum Gasteiger partial charge on any atom is 0.407 e. The molecule has 0 aliphatic rings. The molecule has 2 N–H and O–H groups in total. The van der Waals surface area contributed by atoms with E-state index in [2.05, 4.69) is 16.6 Å². The van der Waals surface area contributed by atoms with Gasteiger partial charge in [-0.1, -0.05) is 18.2 Å². The summed E-state index contributed by atoms with van der Waals surface area (Å²) in [6.45, 7) is 3.32. The Balaban J connectivity index is 4.18. The van der Waals surface area contributed by atoms with E-state index >= 15 is 0 Å². The van der Waals surface area contributed by atoms with Gasteiger partial charge in [-0.3, -0.25) is 0 Å². The van der Waals surface area contributed by atoms with Gasteiger partial charge in [0.15, 0.2) is 0 Å². The fourth-order valence-electron chi connectivity index (χ4n) is 0.623. The number of carboxylic acid groups (broad SMARTS) is 1. The Kier molecular flexibility index (Phi) is 4.91. The molecule has 0 unspecified atom stereocenters. The lowest BCUT2D eigenvalue weighted by Gasteiger charge is -2.11. The molecular weight excluding hydrogens is 198 g/mol. The molecular formula is C7H10ClNO4. The summed E-state index contributed by atoms with van der Waals surface area (Å²) >= 11 is 5.39. The van der Waals surface area contributed by atoms with Gasteiger partial charge >= 0.3 is 12.1 Å². The second-order valence-electron chi connectivity index (χ2n) is 2.25. The summed E-state index contributed by atoms with van der Waals surface area (Å²) in [6.07, 6.45) is -0.850. The molecule has 0 saturated carbocycles. The van der Waals surface area contributed by atoms with Crippen molar-refractivity contribution in [3.8, 4) is 0 Å². The van der Waals surface area contributed by atoms with Crippen LogP contribution in [0.1, 0.15) is 6.42 Å². The molecule has 13 heavy (non-hydrogen) atoms. The SMILES string of the molecule is C=C(Cl)C[C@@H](NC(=O)OC)C(=O)O. The number of ether oxygens (including phenoxy) is 1. The van der Waals surface area contributed by atoms with Crippen LogP contribution >= 0.6 is 11.6 Å². The van der Waals surface area contributed by atoms with Crippen molar-refractivity contribution in [2.75, 3.05) is 7.11 Å². The van der Waals surface area contributed by atoms with Crippen LogP contribution < -0.4 is 5.32 Å². The minimum atomic E-state index is -1.19. The molecule has 0 rings (SSSR count). The summed E-state index contributed by atoms with van der Waals surface area (Å²) in [6, 6.07) is -1.10. The number of carbonyl (C=O) groups excluding carboxylic acids is 1. The summed E-state index contributed by atoms with van der Waals surface area (Å²) in [5, 5.41) is 10.8. The minimum Gasteiger partial charge on any atom is -0.480 e. The van der Waals surface area contributed by atoms with Gasteiger partial charge in [-0.05, 0) is 0 Å². The van der Waals surface area contributed by atoms with Gasteiger partial charge in [0.05, 0.1) is 7.11 Å². The molecule has 1 atom stereocenters. The van der Waals surface area contributed by atoms with E-state index in [1.54, 1.807) is 0 Å². The molecule has 0 radical (unpaired) electrons. The zero-order chi connectivity index (χ0) is 10.4. The Hall–Kier alpha value is -1.23. The van der Waals surface area contributed by atoms with Crippen LogP contribution in [0.3, 0.4) is 0 Å². The quantitative estimate of drug-likeness (QED) is 0.719. The molecule has 5 nitrogen and oxygen atoms in total. The Morgan fingerprint density at radius 3 is 2.54 bits per heavy atom. The average Bonchev–Trinajstić information content (AvgIpc) is 2.02. The fraction of sp³-hybridized carbons (Fsp3) is 0.429. The van der Waals surface area contributed by atoms with Crippen LogP contribution in [0.4, 0.5) is 4.79 Å². The molecule has 0 bridgehead atoms. The number of hydrogen-bond acceptors (Lipinski definition) is 3.